The van der Waals surface area contributed by atoms with Gasteiger partial charge in [0, 0.05) is 0 Å². The van der Waals surface area contributed by atoms with Crippen LogP contribution < -0.4 is 9.79 Å². The van der Waals surface area contributed by atoms with Gasteiger partial charge in [0.25, 0.3) is 10.1 Å². The quantitative estimate of drug-likeness (QED) is 0.423. The van der Waals surface area contributed by atoms with Crippen molar-refractivity contribution in [2.45, 2.75) is 6.42 Å². The first-order valence-corrected chi connectivity index (χ1v) is 6.01. The Morgan fingerprint density at radius 1 is 1.36 bits per heavy atom. The van der Waals surface area contributed by atoms with E-state index < -0.39 is 29.6 Å². The molecule has 0 heterocycles. The summed E-state index contributed by atoms with van der Waals surface area (Å²) in [4.78, 5) is 19.8. The van der Waals surface area contributed by atoms with Crippen LogP contribution in [0.2, 0.25) is 0 Å². The first kappa shape index (κ1) is 11.1. The molecule has 68 valence electrons. The van der Waals surface area contributed by atoms with Crippen molar-refractivity contribution in [1.82, 2.24) is 0 Å². The Labute approximate surface area is 64.1 Å². The van der Waals surface area contributed by atoms with E-state index in [-0.39, 0.29) is 6.42 Å². The molecule has 6 nitrogen and oxygen atoms in total. The summed E-state index contributed by atoms with van der Waals surface area (Å²) in [6.07, 6.45) is -1.10. The predicted molar refractivity (Wildman–Crippen MR) is 33.5 cm³/mol. The molecule has 0 aromatic rings. The molecule has 0 atom stereocenters. The van der Waals surface area contributed by atoms with E-state index in [0.29, 0.717) is 0 Å². The molecule has 0 spiro atoms. The van der Waals surface area contributed by atoms with Crippen LogP contribution in [0.3, 0.4) is 0 Å². The first-order valence-electron chi connectivity index (χ1n) is 2.67. The van der Waals surface area contributed by atoms with Gasteiger partial charge in [-0.25, -0.2) is 0 Å². The van der Waals surface area contributed by atoms with Gasteiger partial charge in [-0.3, -0.25) is 4.55 Å². The Morgan fingerprint density at radius 3 is 2.09 bits per heavy atom. The highest BCUT2D eigenvalue weighted by molar-refractivity contribution is 7.85. The Kier molecular flexibility index (Phi) is 3.66. The molecule has 8 heteroatoms. The molecule has 1 N–H and O–H groups in total. The van der Waals surface area contributed by atoms with Crippen LogP contribution in [0.1, 0.15) is 6.42 Å². The Balaban J connectivity index is 3.70. The molecule has 0 fully saturated rings. The zero-order valence-electron chi connectivity index (χ0n) is 5.47. The van der Waals surface area contributed by atoms with E-state index in [9.17, 15) is 22.8 Å². The van der Waals surface area contributed by atoms with Gasteiger partial charge >= 0.3 is 0 Å². The molecule has 0 rings (SSSR count). The molecule has 0 aliphatic heterocycles. The summed E-state index contributed by atoms with van der Waals surface area (Å²) in [5.41, 5.74) is 0. The van der Waals surface area contributed by atoms with Gasteiger partial charge < -0.3 is 14.4 Å². The molecule has 0 aromatic heterocycles. The minimum Gasteiger partial charge on any atom is -0.811 e. The maximum Gasteiger partial charge on any atom is 0.264 e. The standard InChI is InChI=1S/C3H9O6PS/c4-10(5,6)2-1-3-11(7,8)9/h1-3H2,(H2,4,5,6)(H,7,8,9)/p-2. The summed E-state index contributed by atoms with van der Waals surface area (Å²) in [5, 5.41) is 0. The van der Waals surface area contributed by atoms with Crippen molar-refractivity contribution in [3.8, 4) is 0 Å². The normalized spacial score (nSPS) is 13.4. The van der Waals surface area contributed by atoms with E-state index in [1.54, 1.807) is 0 Å². The Hall–Kier alpha value is 0.0600. The third-order valence-electron chi connectivity index (χ3n) is 0.834. The van der Waals surface area contributed by atoms with Crippen molar-refractivity contribution in [1.29, 1.82) is 0 Å². The largest absolute Gasteiger partial charge is 0.811 e. The lowest BCUT2D eigenvalue weighted by molar-refractivity contribution is -0.313. The molecule has 0 saturated carbocycles. The van der Waals surface area contributed by atoms with Crippen LogP contribution in [0.4, 0.5) is 0 Å². The molecule has 0 aliphatic rings. The van der Waals surface area contributed by atoms with Crippen LogP contribution in [0.25, 0.3) is 0 Å². The monoisotopic (exact) mass is 202 g/mol. The van der Waals surface area contributed by atoms with Crippen molar-refractivity contribution in [2.24, 2.45) is 0 Å². The Morgan fingerprint density at radius 2 is 1.82 bits per heavy atom. The Bertz CT molecular complexity index is 249. The second kappa shape index (κ2) is 3.64. The molecule has 0 saturated heterocycles. The van der Waals surface area contributed by atoms with Crippen LogP contribution in [-0.2, 0) is 14.7 Å². The molecular weight excluding hydrogens is 195 g/mol. The van der Waals surface area contributed by atoms with E-state index in [1.807, 2.05) is 0 Å². The van der Waals surface area contributed by atoms with Crippen LogP contribution in [-0.4, -0.2) is 24.9 Å². The minimum atomic E-state index is -4.63. The third-order valence-corrected chi connectivity index (χ3v) is 2.50. The molecule has 11 heavy (non-hydrogen) atoms. The van der Waals surface area contributed by atoms with Crippen LogP contribution in [0.15, 0.2) is 0 Å². The topological polar surface area (TPSA) is 118 Å². The fourth-order valence-electron chi connectivity index (χ4n) is 0.441. The summed E-state index contributed by atoms with van der Waals surface area (Å²) >= 11 is 0. The molecule has 0 bridgehead atoms. The lowest BCUT2D eigenvalue weighted by Gasteiger charge is -2.28. The summed E-state index contributed by atoms with van der Waals surface area (Å²) < 4.78 is 38.0. The van der Waals surface area contributed by atoms with E-state index in [1.165, 1.54) is 0 Å². The number of rotatable bonds is 4. The van der Waals surface area contributed by atoms with E-state index in [0.717, 1.165) is 0 Å². The molecule has 0 unspecified atom stereocenters. The van der Waals surface area contributed by atoms with Crippen LogP contribution >= 0.6 is 7.60 Å². The van der Waals surface area contributed by atoms with E-state index in [4.69, 9.17) is 4.55 Å². The lowest BCUT2D eigenvalue weighted by Crippen LogP contribution is -2.18. The van der Waals surface area contributed by atoms with Crippen molar-refractivity contribution in [3.05, 3.63) is 0 Å². The zero-order chi connectivity index (χ0) is 9.12. The van der Waals surface area contributed by atoms with Gasteiger partial charge in [-0.15, -0.1) is 0 Å². The average Bonchev–Trinajstić information content (AvgIpc) is 1.55. The summed E-state index contributed by atoms with van der Waals surface area (Å²) in [7, 11) is -8.77. The van der Waals surface area contributed by atoms with Crippen LogP contribution in [0.5, 0.6) is 0 Å². The molecule has 0 radical (unpaired) electrons. The maximum atomic E-state index is 9.98. The van der Waals surface area contributed by atoms with Crippen molar-refractivity contribution in [2.75, 3.05) is 11.9 Å². The van der Waals surface area contributed by atoms with E-state index in [2.05, 4.69) is 0 Å². The van der Waals surface area contributed by atoms with Crippen LogP contribution in [0, 0.1) is 0 Å². The number of hydrogen-bond donors (Lipinski definition) is 1. The molecule has 0 aromatic carbocycles. The first-order chi connectivity index (χ1) is 4.71. The summed E-state index contributed by atoms with van der Waals surface area (Å²) in [6.45, 7) is 0. The fourth-order valence-corrected chi connectivity index (χ4v) is 1.71. The van der Waals surface area contributed by atoms with Crippen molar-refractivity contribution in [3.63, 3.8) is 0 Å². The van der Waals surface area contributed by atoms with E-state index >= 15 is 0 Å². The average molecular weight is 202 g/mol. The predicted octanol–water partition coefficient (Wildman–Crippen LogP) is -1.82. The van der Waals surface area contributed by atoms with Crippen molar-refractivity contribution >= 4 is 17.7 Å². The maximum absolute atomic E-state index is 9.98. The SMILES string of the molecule is O=P([O-])([O-])CCCS(=O)(=O)O. The second-order valence-electron chi connectivity index (χ2n) is 1.97. The lowest BCUT2D eigenvalue weighted by atomic mass is 10.6. The third kappa shape index (κ3) is 10.1. The highest BCUT2D eigenvalue weighted by atomic mass is 32.2. The summed E-state index contributed by atoms with van der Waals surface area (Å²) in [5.74, 6) is -0.693. The highest BCUT2D eigenvalue weighted by Crippen LogP contribution is 2.23. The van der Waals surface area contributed by atoms with Gasteiger partial charge in [0.15, 0.2) is 0 Å². The van der Waals surface area contributed by atoms with Gasteiger partial charge in [0.05, 0.1) is 5.75 Å². The minimum absolute atomic E-state index is 0.358. The fraction of sp³-hybridized carbons (Fsp3) is 1.00. The zero-order valence-corrected chi connectivity index (χ0v) is 7.18. The van der Waals surface area contributed by atoms with Gasteiger partial charge in [0.1, 0.15) is 0 Å². The molecule has 0 aliphatic carbocycles. The van der Waals surface area contributed by atoms with Gasteiger partial charge in [-0.05, 0) is 12.6 Å². The number of hydrogen-bond acceptors (Lipinski definition) is 5. The summed E-state index contributed by atoms with van der Waals surface area (Å²) in [6, 6.07) is 0. The van der Waals surface area contributed by atoms with Gasteiger partial charge in [-0.2, -0.15) is 8.42 Å². The van der Waals surface area contributed by atoms with Gasteiger partial charge in [-0.1, -0.05) is 7.60 Å². The molecule has 0 amide bonds. The molecular formula is C3H7O6PS-2. The van der Waals surface area contributed by atoms with Crippen molar-refractivity contribution < 1.29 is 27.3 Å². The highest BCUT2D eigenvalue weighted by Gasteiger charge is 2.03. The van der Waals surface area contributed by atoms with Gasteiger partial charge in [0.2, 0.25) is 0 Å². The second-order valence-corrected chi connectivity index (χ2v) is 5.22. The smallest absolute Gasteiger partial charge is 0.264 e.